The predicted octanol–water partition coefficient (Wildman–Crippen LogP) is 2.96. The Balaban J connectivity index is 3.22. The molecule has 1 aromatic heterocycles. The van der Waals surface area contributed by atoms with Crippen molar-refractivity contribution in [2.24, 2.45) is 5.73 Å². The van der Waals surface area contributed by atoms with Crippen molar-refractivity contribution in [3.63, 3.8) is 0 Å². The monoisotopic (exact) mass is 265 g/mol. The first-order valence-electron chi connectivity index (χ1n) is 6.54. The molecule has 0 saturated heterocycles. The van der Waals surface area contributed by atoms with Crippen molar-refractivity contribution in [2.45, 2.75) is 40.5 Å². The summed E-state index contributed by atoms with van der Waals surface area (Å²) in [6.45, 7) is 10.3. The van der Waals surface area contributed by atoms with Gasteiger partial charge in [0.15, 0.2) is 0 Å². The molecule has 2 N–H and O–H groups in total. The van der Waals surface area contributed by atoms with Crippen LogP contribution in [0.4, 0.5) is 5.82 Å². The second-order valence-electron chi connectivity index (χ2n) is 4.58. The second-order valence-corrected chi connectivity index (χ2v) is 5.02. The molecule has 1 heterocycles. The van der Waals surface area contributed by atoms with Crippen LogP contribution in [0.1, 0.15) is 43.5 Å². The number of hydrogen-bond acceptors (Lipinski definition) is 3. The number of anilines is 1. The molecular formula is C14H23N3S. The molecule has 0 fully saturated rings. The smallest absolute Gasteiger partial charge is 0.139 e. The fraction of sp³-hybridized carbons (Fsp3) is 0.571. The zero-order valence-corrected chi connectivity index (χ0v) is 12.6. The Bertz CT molecular complexity index is 429. The summed E-state index contributed by atoms with van der Waals surface area (Å²) in [5, 5.41) is 0. The molecular weight excluding hydrogens is 242 g/mol. The van der Waals surface area contributed by atoms with E-state index in [1.165, 1.54) is 6.42 Å². The van der Waals surface area contributed by atoms with Crippen molar-refractivity contribution in [3.8, 4) is 0 Å². The maximum Gasteiger partial charge on any atom is 0.139 e. The standard InChI is InChI=1S/C14H23N3S/c1-5-7-8-17(6-2)14-12(13(15)18)10(3)9-11(4)16-14/h9H,5-8H2,1-4H3,(H2,15,18). The van der Waals surface area contributed by atoms with E-state index in [9.17, 15) is 0 Å². The number of rotatable bonds is 6. The summed E-state index contributed by atoms with van der Waals surface area (Å²) in [6.07, 6.45) is 2.32. The van der Waals surface area contributed by atoms with Gasteiger partial charge in [-0.2, -0.15) is 0 Å². The van der Waals surface area contributed by atoms with Crippen molar-refractivity contribution < 1.29 is 0 Å². The van der Waals surface area contributed by atoms with Crippen LogP contribution in [0.3, 0.4) is 0 Å². The predicted molar refractivity (Wildman–Crippen MR) is 82.4 cm³/mol. The fourth-order valence-corrected chi connectivity index (χ4v) is 2.37. The zero-order chi connectivity index (χ0) is 13.7. The number of hydrogen-bond donors (Lipinski definition) is 1. The molecule has 1 rings (SSSR count). The van der Waals surface area contributed by atoms with Crippen LogP contribution in [0.5, 0.6) is 0 Å². The number of unbranched alkanes of at least 4 members (excludes halogenated alkanes) is 1. The number of thiocarbonyl (C=S) groups is 1. The highest BCUT2D eigenvalue weighted by Gasteiger charge is 2.16. The van der Waals surface area contributed by atoms with Crippen LogP contribution in [0.25, 0.3) is 0 Å². The van der Waals surface area contributed by atoms with Gasteiger partial charge in [0.25, 0.3) is 0 Å². The number of aromatic nitrogens is 1. The third-order valence-electron chi connectivity index (χ3n) is 3.03. The lowest BCUT2D eigenvalue weighted by atomic mass is 10.1. The third-order valence-corrected chi connectivity index (χ3v) is 3.24. The first-order chi connectivity index (χ1) is 8.51. The average Bonchev–Trinajstić information content (AvgIpc) is 2.28. The number of nitrogens with zero attached hydrogens (tertiary/aromatic N) is 2. The third kappa shape index (κ3) is 3.42. The maximum atomic E-state index is 5.85. The lowest BCUT2D eigenvalue weighted by Gasteiger charge is -2.25. The molecule has 0 aliphatic carbocycles. The Morgan fingerprint density at radius 1 is 1.39 bits per heavy atom. The summed E-state index contributed by atoms with van der Waals surface area (Å²) in [5.41, 5.74) is 8.90. The summed E-state index contributed by atoms with van der Waals surface area (Å²) in [7, 11) is 0. The van der Waals surface area contributed by atoms with Gasteiger partial charge >= 0.3 is 0 Å². The molecule has 0 amide bonds. The molecule has 0 spiro atoms. The quantitative estimate of drug-likeness (QED) is 0.803. The highest BCUT2D eigenvalue weighted by atomic mass is 32.1. The van der Waals surface area contributed by atoms with Crippen molar-refractivity contribution in [3.05, 3.63) is 22.9 Å². The van der Waals surface area contributed by atoms with Gasteiger partial charge in [-0.1, -0.05) is 25.6 Å². The minimum absolute atomic E-state index is 0.435. The minimum Gasteiger partial charge on any atom is -0.389 e. The topological polar surface area (TPSA) is 42.2 Å². The Morgan fingerprint density at radius 2 is 2.06 bits per heavy atom. The average molecular weight is 265 g/mol. The van der Waals surface area contributed by atoms with Gasteiger partial charge in [0.05, 0.1) is 5.56 Å². The van der Waals surface area contributed by atoms with Crippen molar-refractivity contribution >= 4 is 23.0 Å². The van der Waals surface area contributed by atoms with Gasteiger partial charge in [0.1, 0.15) is 10.8 Å². The Labute approximate surface area is 115 Å². The Hall–Kier alpha value is -1.16. The lowest BCUT2D eigenvalue weighted by Crippen LogP contribution is -2.29. The van der Waals surface area contributed by atoms with Gasteiger partial charge in [0.2, 0.25) is 0 Å². The van der Waals surface area contributed by atoms with E-state index >= 15 is 0 Å². The fourth-order valence-electron chi connectivity index (χ4n) is 2.11. The first kappa shape index (κ1) is 14.9. The molecule has 0 aromatic carbocycles. The van der Waals surface area contributed by atoms with Gasteiger partial charge in [-0.25, -0.2) is 4.98 Å². The van der Waals surface area contributed by atoms with E-state index in [0.717, 1.165) is 42.1 Å². The Morgan fingerprint density at radius 3 is 2.56 bits per heavy atom. The molecule has 0 bridgehead atoms. The normalized spacial score (nSPS) is 10.4. The Kier molecular flexibility index (Phi) is 5.54. The molecule has 0 saturated carbocycles. The highest BCUT2D eigenvalue weighted by Crippen LogP contribution is 2.23. The largest absolute Gasteiger partial charge is 0.389 e. The van der Waals surface area contributed by atoms with Gasteiger partial charge in [-0.15, -0.1) is 0 Å². The minimum atomic E-state index is 0.435. The van der Waals surface area contributed by atoms with Crippen molar-refractivity contribution in [1.29, 1.82) is 0 Å². The molecule has 0 aliphatic rings. The van der Waals surface area contributed by atoms with Crippen LogP contribution in [0, 0.1) is 13.8 Å². The summed E-state index contributed by atoms with van der Waals surface area (Å²) in [5.74, 6) is 0.941. The van der Waals surface area contributed by atoms with Gasteiger partial charge in [-0.3, -0.25) is 0 Å². The van der Waals surface area contributed by atoms with E-state index in [4.69, 9.17) is 18.0 Å². The van der Waals surface area contributed by atoms with Gasteiger partial charge in [-0.05, 0) is 38.8 Å². The summed E-state index contributed by atoms with van der Waals surface area (Å²) in [6, 6.07) is 2.03. The van der Waals surface area contributed by atoms with Crippen LogP contribution in [-0.2, 0) is 0 Å². The number of pyridine rings is 1. The number of nitrogens with two attached hydrogens (primary N) is 1. The van der Waals surface area contributed by atoms with Gasteiger partial charge < -0.3 is 10.6 Å². The number of aryl methyl sites for hydroxylation is 2. The molecule has 0 radical (unpaired) electrons. The SMILES string of the molecule is CCCCN(CC)c1nc(C)cc(C)c1C(N)=S. The van der Waals surface area contributed by atoms with E-state index in [1.807, 2.05) is 19.9 Å². The van der Waals surface area contributed by atoms with Crippen LogP contribution >= 0.6 is 12.2 Å². The molecule has 100 valence electrons. The van der Waals surface area contributed by atoms with E-state index in [1.54, 1.807) is 0 Å². The van der Waals surface area contributed by atoms with Crippen molar-refractivity contribution in [2.75, 3.05) is 18.0 Å². The summed E-state index contributed by atoms with van der Waals surface area (Å²) in [4.78, 5) is 7.33. The molecule has 0 aliphatic heterocycles. The second kappa shape index (κ2) is 6.69. The van der Waals surface area contributed by atoms with E-state index in [0.29, 0.717) is 4.99 Å². The van der Waals surface area contributed by atoms with E-state index < -0.39 is 0 Å². The van der Waals surface area contributed by atoms with E-state index in [-0.39, 0.29) is 0 Å². The maximum absolute atomic E-state index is 5.85. The summed E-state index contributed by atoms with van der Waals surface area (Å²) >= 11 is 5.17. The molecule has 18 heavy (non-hydrogen) atoms. The van der Waals surface area contributed by atoms with Crippen molar-refractivity contribution in [1.82, 2.24) is 4.98 Å². The molecule has 3 nitrogen and oxygen atoms in total. The highest BCUT2D eigenvalue weighted by molar-refractivity contribution is 7.80. The molecule has 1 aromatic rings. The van der Waals surface area contributed by atoms with Crippen LogP contribution in [-0.4, -0.2) is 23.1 Å². The van der Waals surface area contributed by atoms with Crippen LogP contribution < -0.4 is 10.6 Å². The molecule has 0 unspecified atom stereocenters. The van der Waals surface area contributed by atoms with E-state index in [2.05, 4.69) is 23.7 Å². The zero-order valence-electron chi connectivity index (χ0n) is 11.8. The lowest BCUT2D eigenvalue weighted by molar-refractivity contribution is 0.722. The first-order valence-corrected chi connectivity index (χ1v) is 6.95. The van der Waals surface area contributed by atoms with Gasteiger partial charge in [0, 0.05) is 18.8 Å². The van der Waals surface area contributed by atoms with Crippen LogP contribution in [0.2, 0.25) is 0 Å². The van der Waals surface area contributed by atoms with Crippen LogP contribution in [0.15, 0.2) is 6.07 Å². The molecule has 0 atom stereocenters. The summed E-state index contributed by atoms with van der Waals surface area (Å²) < 4.78 is 0. The molecule has 4 heteroatoms.